The van der Waals surface area contributed by atoms with Crippen LogP contribution in [0.5, 0.6) is 0 Å². The van der Waals surface area contributed by atoms with Gasteiger partial charge in [0.15, 0.2) is 0 Å². The summed E-state index contributed by atoms with van der Waals surface area (Å²) in [4.78, 5) is 24.8. The lowest BCUT2D eigenvalue weighted by molar-refractivity contribution is 0.223. The van der Waals surface area contributed by atoms with Crippen molar-refractivity contribution in [3.63, 3.8) is 0 Å². The number of anilines is 2. The minimum absolute atomic E-state index is 0.0496. The molecule has 1 N–H and O–H groups in total. The number of hydrogen-bond acceptors (Lipinski definition) is 6. The molecule has 4 rings (SSSR count). The van der Waals surface area contributed by atoms with E-state index in [0.717, 1.165) is 53.2 Å². The van der Waals surface area contributed by atoms with E-state index in [1.807, 2.05) is 48.7 Å². The van der Waals surface area contributed by atoms with Gasteiger partial charge in [-0.1, -0.05) is 36.5 Å². The van der Waals surface area contributed by atoms with Gasteiger partial charge < -0.3 is 10.2 Å². The van der Waals surface area contributed by atoms with Crippen molar-refractivity contribution in [1.82, 2.24) is 14.3 Å². The quantitative estimate of drug-likeness (QED) is 0.406. The van der Waals surface area contributed by atoms with Crippen molar-refractivity contribution in [3.05, 3.63) is 53.8 Å². The number of carbonyl (C=O) groups excluding carboxylic acids is 1. The van der Waals surface area contributed by atoms with E-state index in [0.29, 0.717) is 5.02 Å². The summed E-state index contributed by atoms with van der Waals surface area (Å²) in [5.74, 6) is 0.902. The number of urea groups is 1. The van der Waals surface area contributed by atoms with Crippen LogP contribution in [0, 0.1) is 0 Å². The summed E-state index contributed by atoms with van der Waals surface area (Å²) in [6, 6.07) is 13.3. The van der Waals surface area contributed by atoms with Crippen molar-refractivity contribution in [2.24, 2.45) is 0 Å². The van der Waals surface area contributed by atoms with E-state index in [1.165, 1.54) is 4.31 Å². The lowest BCUT2D eigenvalue weighted by Gasteiger charge is -2.36. The molecule has 0 saturated carbocycles. The molecule has 156 valence electrons. The fourth-order valence-electron chi connectivity index (χ4n) is 3.68. The van der Waals surface area contributed by atoms with Gasteiger partial charge >= 0.3 is 6.03 Å². The number of amides is 2. The highest BCUT2D eigenvalue weighted by Crippen LogP contribution is 2.30. The third-order valence-electron chi connectivity index (χ3n) is 5.24. The fraction of sp³-hybridized carbons (Fsp3) is 0.286. The van der Waals surface area contributed by atoms with Gasteiger partial charge in [-0.3, -0.25) is 4.31 Å². The van der Waals surface area contributed by atoms with Gasteiger partial charge in [0.1, 0.15) is 12.1 Å². The summed E-state index contributed by atoms with van der Waals surface area (Å²) in [7, 11) is 0. The predicted molar refractivity (Wildman–Crippen MR) is 128 cm³/mol. The zero-order chi connectivity index (χ0) is 21.1. The molecule has 0 bridgehead atoms. The van der Waals surface area contributed by atoms with E-state index in [-0.39, 0.29) is 12.1 Å². The van der Waals surface area contributed by atoms with Crippen LogP contribution in [-0.2, 0) is 0 Å². The molecule has 1 aromatic heterocycles. The number of carbonyl (C=O) groups is 1. The van der Waals surface area contributed by atoms with Crippen LogP contribution >= 0.6 is 36.2 Å². The van der Waals surface area contributed by atoms with Gasteiger partial charge in [0, 0.05) is 34.4 Å². The van der Waals surface area contributed by atoms with Crippen LogP contribution in [-0.4, -0.2) is 45.7 Å². The molecule has 3 aromatic rings. The number of nitrogens with one attached hydrogen (secondary N) is 1. The van der Waals surface area contributed by atoms with Crippen molar-refractivity contribution in [3.8, 4) is 0 Å². The van der Waals surface area contributed by atoms with Crippen molar-refractivity contribution < 1.29 is 4.79 Å². The Morgan fingerprint density at radius 1 is 1.23 bits per heavy atom. The third-order valence-corrected chi connectivity index (χ3v) is 6.78. The number of halogens is 1. The molecule has 9 heteroatoms. The second kappa shape index (κ2) is 9.32. The van der Waals surface area contributed by atoms with Crippen molar-refractivity contribution in [2.75, 3.05) is 29.6 Å². The number of thioether (sulfide) groups is 1. The minimum Gasteiger partial charge on any atom is -0.356 e. The number of benzene rings is 2. The van der Waals surface area contributed by atoms with Crippen LogP contribution in [0.1, 0.15) is 12.8 Å². The third kappa shape index (κ3) is 4.45. The molecule has 30 heavy (non-hydrogen) atoms. The number of aromatic nitrogens is 2. The predicted octanol–water partition coefficient (Wildman–Crippen LogP) is 5.35. The highest BCUT2D eigenvalue weighted by Gasteiger charge is 2.28. The van der Waals surface area contributed by atoms with Crippen LogP contribution in [0.4, 0.5) is 16.3 Å². The Labute approximate surface area is 190 Å². The van der Waals surface area contributed by atoms with Crippen LogP contribution in [0.3, 0.4) is 0 Å². The highest BCUT2D eigenvalue weighted by atomic mass is 35.5. The largest absolute Gasteiger partial charge is 0.356 e. The zero-order valence-electron chi connectivity index (χ0n) is 16.5. The zero-order valence-corrected chi connectivity index (χ0v) is 18.9. The van der Waals surface area contributed by atoms with Gasteiger partial charge in [-0.15, -0.1) is 11.8 Å². The molecular weight excluding hydrogens is 438 g/mol. The SMILES string of the molecule is CSc1ccccc1NC(=O)N(S)C1CCN(c2ncnc3cc(Cl)ccc23)CC1. The van der Waals surface area contributed by atoms with Gasteiger partial charge in [-0.05, 0) is 49.4 Å². The Kier molecular flexibility index (Phi) is 6.55. The average molecular weight is 460 g/mol. The van der Waals surface area contributed by atoms with Crippen molar-refractivity contribution in [1.29, 1.82) is 0 Å². The summed E-state index contributed by atoms with van der Waals surface area (Å²) >= 11 is 12.2. The Hall–Kier alpha value is -2.16. The topological polar surface area (TPSA) is 61.4 Å². The molecule has 0 unspecified atom stereocenters. The molecule has 0 aliphatic carbocycles. The van der Waals surface area contributed by atoms with E-state index in [2.05, 4.69) is 33.0 Å². The van der Waals surface area contributed by atoms with E-state index in [9.17, 15) is 4.79 Å². The maximum absolute atomic E-state index is 12.7. The van der Waals surface area contributed by atoms with E-state index < -0.39 is 0 Å². The van der Waals surface area contributed by atoms with E-state index >= 15 is 0 Å². The molecule has 2 aromatic carbocycles. The molecular formula is C21H22ClN5OS2. The van der Waals surface area contributed by atoms with Crippen LogP contribution in [0.15, 0.2) is 53.7 Å². The summed E-state index contributed by atoms with van der Waals surface area (Å²) in [5, 5.41) is 4.61. The standard InChI is InChI=1S/C21H22ClN5OS2/c1-30-19-5-3-2-4-17(19)25-21(28)27(29)15-8-10-26(11-9-15)20-16-7-6-14(22)12-18(16)23-13-24-20/h2-7,12-13,15,29H,8-11H2,1H3,(H,25,28). The summed E-state index contributed by atoms with van der Waals surface area (Å²) in [5.41, 5.74) is 1.63. The average Bonchev–Trinajstić information content (AvgIpc) is 2.78. The van der Waals surface area contributed by atoms with Gasteiger partial charge in [-0.25, -0.2) is 14.8 Å². The number of para-hydroxylation sites is 1. The number of thiol groups is 1. The summed E-state index contributed by atoms with van der Waals surface area (Å²) < 4.78 is 1.52. The van der Waals surface area contributed by atoms with Crippen LogP contribution in [0.25, 0.3) is 10.9 Å². The van der Waals surface area contributed by atoms with Gasteiger partial charge in [-0.2, -0.15) is 0 Å². The molecule has 2 amide bonds. The smallest absolute Gasteiger partial charge is 0.331 e. The second-order valence-corrected chi connectivity index (χ2v) is 8.77. The molecule has 0 spiro atoms. The maximum Gasteiger partial charge on any atom is 0.331 e. The lowest BCUT2D eigenvalue weighted by atomic mass is 10.0. The monoisotopic (exact) mass is 459 g/mol. The van der Waals surface area contributed by atoms with Crippen LogP contribution < -0.4 is 10.2 Å². The first-order valence-electron chi connectivity index (χ1n) is 9.64. The van der Waals surface area contributed by atoms with Gasteiger partial charge in [0.05, 0.1) is 11.2 Å². The van der Waals surface area contributed by atoms with Gasteiger partial charge in [0.2, 0.25) is 0 Å². The molecule has 0 atom stereocenters. The summed E-state index contributed by atoms with van der Waals surface area (Å²) in [6.07, 6.45) is 5.17. The fourth-order valence-corrected chi connectivity index (χ4v) is 4.68. The summed E-state index contributed by atoms with van der Waals surface area (Å²) in [6.45, 7) is 1.57. The molecule has 6 nitrogen and oxygen atoms in total. The molecule has 2 heterocycles. The molecule has 1 saturated heterocycles. The Bertz CT molecular complexity index is 1060. The normalized spacial score (nSPS) is 14.7. The maximum atomic E-state index is 12.7. The number of hydrogen-bond donors (Lipinski definition) is 2. The number of rotatable bonds is 4. The lowest BCUT2D eigenvalue weighted by Crippen LogP contribution is -2.45. The number of piperidine rings is 1. The molecule has 0 radical (unpaired) electrons. The molecule has 1 aliphatic rings. The Balaban J connectivity index is 1.41. The van der Waals surface area contributed by atoms with Gasteiger partial charge in [0.25, 0.3) is 0 Å². The minimum atomic E-state index is -0.208. The van der Waals surface area contributed by atoms with Crippen LogP contribution in [0.2, 0.25) is 5.02 Å². The first-order valence-corrected chi connectivity index (χ1v) is 11.6. The van der Waals surface area contributed by atoms with E-state index in [4.69, 9.17) is 11.6 Å². The van der Waals surface area contributed by atoms with Crippen molar-refractivity contribution >= 4 is 64.6 Å². The van der Waals surface area contributed by atoms with Crippen molar-refractivity contribution in [2.45, 2.75) is 23.8 Å². The number of fused-ring (bicyclic) bond motifs is 1. The first kappa shape index (κ1) is 21.1. The second-order valence-electron chi connectivity index (χ2n) is 7.05. The first-order chi connectivity index (χ1) is 14.6. The highest BCUT2D eigenvalue weighted by molar-refractivity contribution is 7.98. The van der Waals surface area contributed by atoms with E-state index in [1.54, 1.807) is 18.1 Å². The Morgan fingerprint density at radius 3 is 2.77 bits per heavy atom. The molecule has 1 fully saturated rings. The number of nitrogens with zero attached hydrogens (tertiary/aromatic N) is 4. The Morgan fingerprint density at radius 2 is 2.00 bits per heavy atom. The molecule has 1 aliphatic heterocycles.